The summed E-state index contributed by atoms with van der Waals surface area (Å²) < 4.78 is 43.6. The van der Waals surface area contributed by atoms with Crippen LogP contribution in [0.2, 0.25) is 0 Å². The average Bonchev–Trinajstić information content (AvgIpc) is 2.80. The van der Waals surface area contributed by atoms with Gasteiger partial charge in [0, 0.05) is 0 Å². The van der Waals surface area contributed by atoms with Gasteiger partial charge in [-0.15, -0.1) is 0 Å². The van der Waals surface area contributed by atoms with E-state index in [4.69, 9.17) is 4.42 Å². The average molecular weight is 284 g/mol. The summed E-state index contributed by atoms with van der Waals surface area (Å²) in [5.41, 5.74) is -0.0449. The fourth-order valence-corrected chi connectivity index (χ4v) is 2.63. The van der Waals surface area contributed by atoms with Crippen LogP contribution in [0.4, 0.5) is 13.2 Å². The minimum Gasteiger partial charge on any atom is -0.439 e. The summed E-state index contributed by atoms with van der Waals surface area (Å²) in [7, 11) is 0. The minimum atomic E-state index is -4.36. The molecule has 1 aromatic heterocycles. The zero-order valence-corrected chi connectivity index (χ0v) is 11.0. The molecule has 0 spiro atoms. The third-order valence-corrected chi connectivity index (χ3v) is 3.77. The topological polar surface area (TPSA) is 38.1 Å². The van der Waals surface area contributed by atoms with Gasteiger partial charge in [-0.3, -0.25) is 0 Å². The fourth-order valence-electron chi connectivity index (χ4n) is 2.63. The zero-order valence-electron chi connectivity index (χ0n) is 11.0. The van der Waals surface area contributed by atoms with Crippen molar-refractivity contribution in [1.29, 1.82) is 0 Å². The minimum absolute atomic E-state index is 0.0227. The summed E-state index contributed by atoms with van der Waals surface area (Å²) in [4.78, 5) is 4.23. The monoisotopic (exact) mass is 284 g/mol. The molecule has 0 aliphatic carbocycles. The Labute approximate surface area is 114 Å². The highest BCUT2D eigenvalue weighted by molar-refractivity contribution is 5.73. The molecule has 6 heteroatoms. The van der Waals surface area contributed by atoms with Crippen LogP contribution in [0.25, 0.3) is 11.1 Å². The Morgan fingerprint density at radius 3 is 2.85 bits per heavy atom. The Morgan fingerprint density at radius 1 is 1.35 bits per heavy atom. The largest absolute Gasteiger partial charge is 0.439 e. The Kier molecular flexibility index (Phi) is 3.20. The predicted molar refractivity (Wildman–Crippen MR) is 68.2 cm³/mol. The van der Waals surface area contributed by atoms with Crippen LogP contribution in [0.1, 0.15) is 37.3 Å². The zero-order chi connectivity index (χ0) is 14.3. The van der Waals surface area contributed by atoms with Gasteiger partial charge in [-0.25, -0.2) is 4.98 Å². The van der Waals surface area contributed by atoms with E-state index in [1.807, 2.05) is 0 Å². The molecule has 1 saturated heterocycles. The van der Waals surface area contributed by atoms with Gasteiger partial charge in [0.1, 0.15) is 5.52 Å². The molecular weight excluding hydrogens is 269 g/mol. The van der Waals surface area contributed by atoms with Gasteiger partial charge in [-0.1, -0.05) is 6.92 Å². The van der Waals surface area contributed by atoms with Crippen molar-refractivity contribution in [2.75, 3.05) is 6.54 Å². The molecule has 2 aromatic rings. The Bertz CT molecular complexity index is 620. The highest BCUT2D eigenvalue weighted by Crippen LogP contribution is 2.34. The number of fused-ring (bicyclic) bond motifs is 1. The molecule has 0 radical (unpaired) electrons. The second-order valence-electron chi connectivity index (χ2n) is 5.28. The van der Waals surface area contributed by atoms with Crippen molar-refractivity contribution in [2.24, 2.45) is 5.92 Å². The number of aromatic nitrogens is 1. The number of rotatable bonds is 1. The lowest BCUT2D eigenvalue weighted by atomic mass is 9.93. The number of alkyl halides is 3. The number of benzene rings is 1. The summed E-state index contributed by atoms with van der Waals surface area (Å²) in [6.45, 7) is 2.97. The summed E-state index contributed by atoms with van der Waals surface area (Å²) in [6, 6.07) is 3.37. The smallest absolute Gasteiger partial charge is 0.416 e. The third kappa shape index (κ3) is 2.40. The molecule has 1 aliphatic heterocycles. The Morgan fingerprint density at radius 2 is 2.15 bits per heavy atom. The van der Waals surface area contributed by atoms with Crippen LogP contribution in [0.3, 0.4) is 0 Å². The molecule has 1 aromatic carbocycles. The van der Waals surface area contributed by atoms with Crippen LogP contribution in [-0.4, -0.2) is 11.5 Å². The van der Waals surface area contributed by atoms with Gasteiger partial charge in [0.05, 0.1) is 11.6 Å². The first-order valence-electron chi connectivity index (χ1n) is 6.66. The third-order valence-electron chi connectivity index (χ3n) is 3.77. The highest BCUT2D eigenvalue weighted by Gasteiger charge is 2.32. The summed E-state index contributed by atoms with van der Waals surface area (Å²) in [6.07, 6.45) is -2.20. The number of piperidine rings is 1. The molecule has 1 N–H and O–H groups in total. The first-order chi connectivity index (χ1) is 9.45. The SMILES string of the molecule is CC1CCCNC1c1nc2cc(C(F)(F)F)ccc2o1. The van der Waals surface area contributed by atoms with Crippen LogP contribution >= 0.6 is 0 Å². The first-order valence-corrected chi connectivity index (χ1v) is 6.66. The van der Waals surface area contributed by atoms with Crippen molar-refractivity contribution in [1.82, 2.24) is 10.3 Å². The molecule has 2 heterocycles. The van der Waals surface area contributed by atoms with Gasteiger partial charge >= 0.3 is 6.18 Å². The van der Waals surface area contributed by atoms with Gasteiger partial charge < -0.3 is 9.73 Å². The van der Waals surface area contributed by atoms with E-state index in [0.29, 0.717) is 17.4 Å². The Balaban J connectivity index is 1.98. The van der Waals surface area contributed by atoms with Gasteiger partial charge in [0.25, 0.3) is 0 Å². The number of hydrogen-bond donors (Lipinski definition) is 1. The van der Waals surface area contributed by atoms with E-state index in [1.54, 1.807) is 0 Å². The number of oxazole rings is 1. The van der Waals surface area contributed by atoms with Crippen LogP contribution in [0.15, 0.2) is 22.6 Å². The molecule has 0 bridgehead atoms. The van der Waals surface area contributed by atoms with E-state index < -0.39 is 11.7 Å². The quantitative estimate of drug-likeness (QED) is 0.863. The van der Waals surface area contributed by atoms with Crippen molar-refractivity contribution in [2.45, 2.75) is 32.0 Å². The normalized spacial score (nSPS) is 24.2. The predicted octanol–water partition coefficient (Wildman–Crippen LogP) is 3.91. The fraction of sp³-hybridized carbons (Fsp3) is 0.500. The standard InChI is InChI=1S/C14H15F3N2O/c1-8-3-2-6-18-12(8)13-19-10-7-9(14(15,16)17)4-5-11(10)20-13/h4-5,7-8,12,18H,2-3,6H2,1H3. The Hall–Kier alpha value is -1.56. The summed E-state index contributed by atoms with van der Waals surface area (Å²) in [5.74, 6) is 0.838. The van der Waals surface area contributed by atoms with Crippen LogP contribution in [0, 0.1) is 5.92 Å². The number of halogens is 3. The maximum Gasteiger partial charge on any atom is 0.416 e. The maximum absolute atomic E-state index is 12.7. The second kappa shape index (κ2) is 4.77. The lowest BCUT2D eigenvalue weighted by molar-refractivity contribution is -0.137. The number of hydrogen-bond acceptors (Lipinski definition) is 3. The molecular formula is C14H15F3N2O. The molecule has 2 atom stereocenters. The molecule has 108 valence electrons. The van der Waals surface area contributed by atoms with E-state index in [2.05, 4.69) is 17.2 Å². The van der Waals surface area contributed by atoms with Crippen molar-refractivity contribution in [3.05, 3.63) is 29.7 Å². The lowest BCUT2D eigenvalue weighted by Crippen LogP contribution is -2.32. The van der Waals surface area contributed by atoms with E-state index in [9.17, 15) is 13.2 Å². The van der Waals surface area contributed by atoms with Gasteiger partial charge in [0.2, 0.25) is 5.89 Å². The van der Waals surface area contributed by atoms with Crippen molar-refractivity contribution >= 4 is 11.1 Å². The summed E-state index contributed by atoms with van der Waals surface area (Å²) >= 11 is 0. The van der Waals surface area contributed by atoms with Crippen LogP contribution in [0.5, 0.6) is 0 Å². The van der Waals surface area contributed by atoms with Gasteiger partial charge in [-0.2, -0.15) is 13.2 Å². The highest BCUT2D eigenvalue weighted by atomic mass is 19.4. The van der Waals surface area contributed by atoms with Crippen molar-refractivity contribution in [3.8, 4) is 0 Å². The molecule has 3 rings (SSSR count). The lowest BCUT2D eigenvalue weighted by Gasteiger charge is -2.27. The van der Waals surface area contributed by atoms with Crippen molar-refractivity contribution < 1.29 is 17.6 Å². The van der Waals surface area contributed by atoms with Crippen molar-refractivity contribution in [3.63, 3.8) is 0 Å². The molecule has 20 heavy (non-hydrogen) atoms. The van der Waals surface area contributed by atoms with E-state index in [0.717, 1.165) is 31.5 Å². The molecule has 2 unspecified atom stereocenters. The molecule has 0 amide bonds. The summed E-state index contributed by atoms with van der Waals surface area (Å²) in [5, 5.41) is 3.31. The van der Waals surface area contributed by atoms with E-state index in [1.165, 1.54) is 6.07 Å². The van der Waals surface area contributed by atoms with E-state index >= 15 is 0 Å². The molecule has 1 aliphatic rings. The van der Waals surface area contributed by atoms with Crippen LogP contribution in [-0.2, 0) is 6.18 Å². The number of nitrogens with one attached hydrogen (secondary N) is 1. The van der Waals surface area contributed by atoms with Crippen LogP contribution < -0.4 is 5.32 Å². The van der Waals surface area contributed by atoms with E-state index in [-0.39, 0.29) is 11.6 Å². The van der Waals surface area contributed by atoms with Gasteiger partial charge in [-0.05, 0) is 43.5 Å². The number of nitrogens with zero attached hydrogens (tertiary/aromatic N) is 1. The molecule has 3 nitrogen and oxygen atoms in total. The molecule has 1 fully saturated rings. The second-order valence-corrected chi connectivity index (χ2v) is 5.28. The maximum atomic E-state index is 12.7. The first kappa shape index (κ1) is 13.4. The molecule has 0 saturated carbocycles. The van der Waals surface area contributed by atoms with Gasteiger partial charge in [0.15, 0.2) is 5.58 Å².